The van der Waals surface area contributed by atoms with E-state index in [9.17, 15) is 29.7 Å². The number of aromatic nitrogens is 3. The van der Waals surface area contributed by atoms with Crippen LogP contribution >= 0.6 is 0 Å². The van der Waals surface area contributed by atoms with Crippen molar-refractivity contribution >= 4 is 17.9 Å². The number of carboxylic acid groups (broad SMARTS) is 3. The van der Waals surface area contributed by atoms with Crippen LogP contribution in [0, 0.1) is 0 Å². The zero-order chi connectivity index (χ0) is 27.8. The first-order chi connectivity index (χ1) is 18.7. The number of hydrogen-bond acceptors (Lipinski definition) is 9. The molecule has 39 heavy (non-hydrogen) atoms. The average Bonchev–Trinajstić information content (AvgIpc) is 2.89. The van der Waals surface area contributed by atoms with Crippen molar-refractivity contribution in [2.45, 2.75) is 26.2 Å². The molecule has 3 aromatic rings. The first-order valence-electron chi connectivity index (χ1n) is 12.5. The number of aromatic carboxylic acids is 2. The normalized spacial score (nSPS) is 15.7. The quantitative estimate of drug-likeness (QED) is 0.384. The maximum Gasteiger partial charge on any atom is 0.354 e. The van der Waals surface area contributed by atoms with E-state index in [-0.39, 0.29) is 17.9 Å². The van der Waals surface area contributed by atoms with Gasteiger partial charge in [0.15, 0.2) is 0 Å². The Morgan fingerprint density at radius 2 is 1.05 bits per heavy atom. The summed E-state index contributed by atoms with van der Waals surface area (Å²) < 4.78 is 0. The van der Waals surface area contributed by atoms with E-state index in [0.717, 1.165) is 11.4 Å². The second-order valence-corrected chi connectivity index (χ2v) is 9.35. The minimum Gasteiger partial charge on any atom is -0.480 e. The first kappa shape index (κ1) is 27.8. The Morgan fingerprint density at radius 3 is 1.49 bits per heavy atom. The standard InChI is InChI=1S/C27H30N6O6/c34-25(35)18-31-10-12-32(16-21-6-2-8-23(29-21)26(36)37)14-19-4-1-5-20(28-19)15-33(13-11-31)17-22-7-3-9-24(30-22)27(38)39/h1-9H,10-18H2,(H,34,35)(H,36,37)(H,38,39). The van der Waals surface area contributed by atoms with Crippen molar-refractivity contribution in [3.8, 4) is 0 Å². The molecule has 0 spiro atoms. The fourth-order valence-corrected chi connectivity index (χ4v) is 4.45. The van der Waals surface area contributed by atoms with Gasteiger partial charge in [-0.1, -0.05) is 18.2 Å². The Bertz CT molecular complexity index is 1250. The van der Waals surface area contributed by atoms with E-state index in [1.54, 1.807) is 24.3 Å². The second kappa shape index (κ2) is 13.0. The van der Waals surface area contributed by atoms with Gasteiger partial charge in [-0.3, -0.25) is 24.5 Å². The minimum atomic E-state index is -1.10. The third kappa shape index (κ3) is 8.37. The lowest BCUT2D eigenvalue weighted by Crippen LogP contribution is -2.42. The summed E-state index contributed by atoms with van der Waals surface area (Å²) in [5.41, 5.74) is 2.78. The van der Waals surface area contributed by atoms with E-state index in [2.05, 4.69) is 19.8 Å². The molecule has 3 N–H and O–H groups in total. The van der Waals surface area contributed by atoms with Gasteiger partial charge < -0.3 is 15.3 Å². The molecule has 4 rings (SSSR count). The summed E-state index contributed by atoms with van der Waals surface area (Å²) in [7, 11) is 0. The molecule has 1 aliphatic rings. The highest BCUT2D eigenvalue weighted by molar-refractivity contribution is 5.85. The van der Waals surface area contributed by atoms with Crippen LogP contribution in [0.5, 0.6) is 0 Å². The highest BCUT2D eigenvalue weighted by atomic mass is 16.4. The van der Waals surface area contributed by atoms with Gasteiger partial charge in [-0.15, -0.1) is 0 Å². The zero-order valence-electron chi connectivity index (χ0n) is 21.3. The van der Waals surface area contributed by atoms with Crippen LogP contribution < -0.4 is 0 Å². The van der Waals surface area contributed by atoms with Crippen LogP contribution in [0.4, 0.5) is 0 Å². The molecule has 0 saturated carbocycles. The molecule has 2 bridgehead atoms. The largest absolute Gasteiger partial charge is 0.480 e. The zero-order valence-corrected chi connectivity index (χ0v) is 21.3. The third-order valence-electron chi connectivity index (χ3n) is 6.28. The van der Waals surface area contributed by atoms with E-state index in [0.29, 0.717) is 63.7 Å². The van der Waals surface area contributed by atoms with Crippen molar-refractivity contribution in [2.24, 2.45) is 0 Å². The number of rotatable bonds is 8. The van der Waals surface area contributed by atoms with Gasteiger partial charge in [0, 0.05) is 52.4 Å². The van der Waals surface area contributed by atoms with Gasteiger partial charge >= 0.3 is 17.9 Å². The van der Waals surface area contributed by atoms with E-state index >= 15 is 0 Å². The number of carbonyl (C=O) groups is 3. The maximum absolute atomic E-state index is 11.6. The van der Waals surface area contributed by atoms with Crippen LogP contribution in [0.15, 0.2) is 54.6 Å². The predicted molar refractivity (Wildman–Crippen MR) is 139 cm³/mol. The highest BCUT2D eigenvalue weighted by Crippen LogP contribution is 2.14. The molecule has 12 heteroatoms. The minimum absolute atomic E-state index is 0.0297. The lowest BCUT2D eigenvalue weighted by molar-refractivity contribution is -0.138. The number of hydrogen-bond donors (Lipinski definition) is 3. The number of aliphatic carboxylic acids is 1. The SMILES string of the molecule is O=C(O)CN1CCN(Cc2cccc(C(=O)O)n2)Cc2cccc(n2)CN(Cc2cccc(C(=O)O)n2)CC1. The molecule has 0 unspecified atom stereocenters. The molecule has 0 saturated heterocycles. The molecule has 0 aromatic carbocycles. The van der Waals surface area contributed by atoms with E-state index in [1.165, 1.54) is 12.1 Å². The molecule has 0 aliphatic carbocycles. The van der Waals surface area contributed by atoms with Crippen molar-refractivity contribution in [2.75, 3.05) is 32.7 Å². The van der Waals surface area contributed by atoms with Crippen LogP contribution in [0.3, 0.4) is 0 Å². The van der Waals surface area contributed by atoms with E-state index < -0.39 is 17.9 Å². The summed E-state index contributed by atoms with van der Waals surface area (Å²) in [6, 6.07) is 15.5. The van der Waals surface area contributed by atoms with Crippen molar-refractivity contribution in [1.82, 2.24) is 29.7 Å². The second-order valence-electron chi connectivity index (χ2n) is 9.35. The Hall–Kier alpha value is -4.26. The van der Waals surface area contributed by atoms with Gasteiger partial charge in [-0.2, -0.15) is 0 Å². The summed E-state index contributed by atoms with van der Waals surface area (Å²) in [5, 5.41) is 28.1. The lowest BCUT2D eigenvalue weighted by atomic mass is 10.2. The van der Waals surface area contributed by atoms with E-state index in [4.69, 9.17) is 4.98 Å². The molecule has 12 nitrogen and oxygen atoms in total. The fourth-order valence-electron chi connectivity index (χ4n) is 4.45. The Morgan fingerprint density at radius 1 is 0.615 bits per heavy atom. The molecule has 4 heterocycles. The van der Waals surface area contributed by atoms with Gasteiger partial charge in [-0.05, 0) is 36.4 Å². The molecule has 0 atom stereocenters. The Kier molecular flexibility index (Phi) is 9.26. The van der Waals surface area contributed by atoms with Crippen LogP contribution in [-0.2, 0) is 31.0 Å². The van der Waals surface area contributed by atoms with Crippen molar-refractivity contribution in [1.29, 1.82) is 0 Å². The molecule has 0 radical (unpaired) electrons. The van der Waals surface area contributed by atoms with Gasteiger partial charge in [0.25, 0.3) is 0 Å². The average molecular weight is 535 g/mol. The molecular formula is C27H30N6O6. The number of fused-ring (bicyclic) bond motifs is 2. The summed E-state index contributed by atoms with van der Waals surface area (Å²) >= 11 is 0. The van der Waals surface area contributed by atoms with Gasteiger partial charge in [-0.25, -0.2) is 19.6 Å². The third-order valence-corrected chi connectivity index (χ3v) is 6.28. The molecule has 3 aromatic heterocycles. The predicted octanol–water partition coefficient (Wildman–Crippen LogP) is 1.67. The van der Waals surface area contributed by atoms with Gasteiger partial charge in [0.05, 0.1) is 29.3 Å². The van der Waals surface area contributed by atoms with Crippen LogP contribution in [0.1, 0.15) is 43.8 Å². The Labute approximate surface area is 225 Å². The molecule has 1 aliphatic heterocycles. The maximum atomic E-state index is 11.6. The van der Waals surface area contributed by atoms with Crippen molar-refractivity contribution in [3.05, 3.63) is 88.8 Å². The van der Waals surface area contributed by atoms with Crippen LogP contribution in [-0.4, -0.2) is 95.6 Å². The van der Waals surface area contributed by atoms with Crippen LogP contribution in [0.2, 0.25) is 0 Å². The number of carboxylic acids is 3. The van der Waals surface area contributed by atoms with Gasteiger partial charge in [0.2, 0.25) is 0 Å². The smallest absolute Gasteiger partial charge is 0.354 e. The molecule has 0 fully saturated rings. The van der Waals surface area contributed by atoms with Crippen molar-refractivity contribution < 1.29 is 29.7 Å². The Balaban J connectivity index is 1.58. The summed E-state index contributed by atoms with van der Waals surface area (Å²) in [6.45, 7) is 3.52. The fraction of sp³-hybridized carbons (Fsp3) is 0.333. The van der Waals surface area contributed by atoms with E-state index in [1.807, 2.05) is 23.1 Å². The molecule has 204 valence electrons. The first-order valence-corrected chi connectivity index (χ1v) is 12.5. The number of nitrogens with zero attached hydrogens (tertiary/aromatic N) is 6. The monoisotopic (exact) mass is 534 g/mol. The highest BCUT2D eigenvalue weighted by Gasteiger charge is 2.19. The topological polar surface area (TPSA) is 160 Å². The van der Waals surface area contributed by atoms with Gasteiger partial charge in [0.1, 0.15) is 11.4 Å². The van der Waals surface area contributed by atoms with Crippen LogP contribution in [0.25, 0.3) is 0 Å². The lowest BCUT2D eigenvalue weighted by Gasteiger charge is -2.30. The summed E-state index contributed by atoms with van der Waals surface area (Å²) in [4.78, 5) is 53.7. The number of pyridine rings is 3. The van der Waals surface area contributed by atoms with Crippen molar-refractivity contribution in [3.63, 3.8) is 0 Å². The summed E-state index contributed by atoms with van der Waals surface area (Å²) in [5.74, 6) is -3.12. The molecular weight excluding hydrogens is 504 g/mol. The summed E-state index contributed by atoms with van der Waals surface area (Å²) in [6.07, 6.45) is 0. The molecule has 0 amide bonds.